The summed E-state index contributed by atoms with van der Waals surface area (Å²) in [5.74, 6) is 0.194. The first-order valence-electron chi connectivity index (χ1n) is 6.84. The molecule has 3 rings (SSSR count). The first-order valence-corrected chi connectivity index (χ1v) is 7.60. The first-order chi connectivity index (χ1) is 11.1. The van der Waals surface area contributed by atoms with Crippen molar-refractivity contribution in [2.75, 3.05) is 6.61 Å². The fourth-order valence-electron chi connectivity index (χ4n) is 2.52. The molecule has 0 bridgehead atoms. The summed E-state index contributed by atoms with van der Waals surface area (Å²) in [5, 5.41) is 9.32. The Morgan fingerprint density at radius 1 is 1.26 bits per heavy atom. The summed E-state index contributed by atoms with van der Waals surface area (Å²) in [7, 11) is 0. The van der Waals surface area contributed by atoms with E-state index in [-0.39, 0.29) is 24.0 Å². The summed E-state index contributed by atoms with van der Waals surface area (Å²) in [6.07, 6.45) is -0.778. The number of fused-ring (bicyclic) bond motifs is 1. The van der Waals surface area contributed by atoms with Gasteiger partial charge in [-0.3, -0.25) is 4.79 Å². The maximum absolute atomic E-state index is 12.8. The lowest BCUT2D eigenvalue weighted by molar-refractivity contribution is 0.0256. The molecular formula is C17H11Cl2NO3. The number of carbonyl (C=O) groups excluding carboxylic acids is 1. The Labute approximate surface area is 143 Å². The Balaban J connectivity index is 1.98. The van der Waals surface area contributed by atoms with Gasteiger partial charge in [-0.2, -0.15) is 5.26 Å². The third-order valence-corrected chi connectivity index (χ3v) is 4.17. The van der Waals surface area contributed by atoms with Gasteiger partial charge in [0.1, 0.15) is 17.9 Å². The van der Waals surface area contributed by atoms with E-state index in [0.29, 0.717) is 27.5 Å². The van der Waals surface area contributed by atoms with E-state index in [9.17, 15) is 4.79 Å². The zero-order chi connectivity index (χ0) is 16.4. The first kappa shape index (κ1) is 15.8. The number of hydrogen-bond donors (Lipinski definition) is 0. The van der Waals surface area contributed by atoms with Gasteiger partial charge in [-0.05, 0) is 23.8 Å². The zero-order valence-electron chi connectivity index (χ0n) is 11.9. The van der Waals surface area contributed by atoms with E-state index >= 15 is 0 Å². The molecule has 0 fully saturated rings. The largest absolute Gasteiger partial charge is 0.479 e. The zero-order valence-corrected chi connectivity index (χ0v) is 13.4. The number of carbonyl (C=O) groups is 1. The minimum atomic E-state index is -0.778. The maximum atomic E-state index is 12.8. The van der Waals surface area contributed by atoms with Gasteiger partial charge in [0.25, 0.3) is 0 Å². The lowest BCUT2D eigenvalue weighted by atomic mass is 9.93. The van der Waals surface area contributed by atoms with E-state index in [4.69, 9.17) is 37.9 Å². The topological polar surface area (TPSA) is 59.3 Å². The van der Waals surface area contributed by atoms with Crippen molar-refractivity contribution in [2.24, 2.45) is 0 Å². The van der Waals surface area contributed by atoms with Crippen molar-refractivity contribution in [1.82, 2.24) is 0 Å². The average molecular weight is 348 g/mol. The molecule has 1 aliphatic rings. The Bertz CT molecular complexity index is 814. The van der Waals surface area contributed by atoms with Gasteiger partial charge in [-0.15, -0.1) is 0 Å². The number of nitriles is 1. The van der Waals surface area contributed by atoms with Gasteiger partial charge in [0.05, 0.1) is 11.6 Å². The molecule has 4 nitrogen and oxygen atoms in total. The van der Waals surface area contributed by atoms with Crippen LogP contribution in [0.5, 0.6) is 5.75 Å². The van der Waals surface area contributed by atoms with Gasteiger partial charge in [-0.1, -0.05) is 41.4 Å². The molecule has 0 N–H and O–H groups in total. The van der Waals surface area contributed by atoms with Crippen LogP contribution in [0.3, 0.4) is 0 Å². The highest BCUT2D eigenvalue weighted by Gasteiger charge is 2.33. The van der Waals surface area contributed by atoms with Crippen molar-refractivity contribution in [1.29, 1.82) is 5.26 Å². The van der Waals surface area contributed by atoms with Gasteiger partial charge in [-0.25, -0.2) is 0 Å². The van der Waals surface area contributed by atoms with Crippen LogP contribution in [0.1, 0.15) is 27.6 Å². The summed E-state index contributed by atoms with van der Waals surface area (Å²) >= 11 is 12.4. The summed E-state index contributed by atoms with van der Waals surface area (Å²) in [5.41, 5.74) is 1.66. The average Bonchev–Trinajstić information content (AvgIpc) is 2.54. The molecule has 0 radical (unpaired) electrons. The number of nitrogens with zero attached hydrogens (tertiary/aromatic N) is 1. The van der Waals surface area contributed by atoms with Crippen LogP contribution in [0.15, 0.2) is 36.4 Å². The van der Waals surface area contributed by atoms with Crippen LogP contribution in [-0.2, 0) is 11.3 Å². The minimum absolute atomic E-state index is 0.0911. The molecule has 1 atom stereocenters. The van der Waals surface area contributed by atoms with Crippen molar-refractivity contribution in [3.8, 4) is 11.8 Å². The van der Waals surface area contributed by atoms with Crippen LogP contribution in [0.2, 0.25) is 10.0 Å². The van der Waals surface area contributed by atoms with Gasteiger partial charge >= 0.3 is 0 Å². The molecule has 0 aliphatic carbocycles. The highest BCUT2D eigenvalue weighted by Crippen LogP contribution is 2.38. The van der Waals surface area contributed by atoms with E-state index in [1.807, 2.05) is 6.07 Å². The molecule has 116 valence electrons. The van der Waals surface area contributed by atoms with Gasteiger partial charge in [0.2, 0.25) is 0 Å². The number of benzene rings is 2. The predicted molar refractivity (Wildman–Crippen MR) is 85.9 cm³/mol. The number of Topliss-reactive ketones (excluding diaryl/α,β-unsaturated/α-hetero) is 1. The molecule has 0 saturated carbocycles. The molecule has 1 heterocycles. The number of halogens is 2. The molecule has 1 unspecified atom stereocenters. The van der Waals surface area contributed by atoms with Crippen LogP contribution in [-0.4, -0.2) is 12.4 Å². The number of rotatable bonds is 3. The molecular weight excluding hydrogens is 337 g/mol. The Kier molecular flexibility index (Phi) is 4.53. The molecule has 0 aromatic heterocycles. The Hall–Kier alpha value is -2.06. The molecule has 0 spiro atoms. The van der Waals surface area contributed by atoms with E-state index in [0.717, 1.165) is 0 Å². The van der Waals surface area contributed by atoms with E-state index in [1.54, 1.807) is 30.3 Å². The second-order valence-electron chi connectivity index (χ2n) is 4.96. The standard InChI is InChI=1S/C17H11Cl2NO3/c18-13-4-2-1-3-12(13)17-16(21)15-10(9-23-17)7-11(8-14(15)19)22-6-5-20/h1-4,7-8,17H,6,9H2. The van der Waals surface area contributed by atoms with Crippen molar-refractivity contribution in [3.05, 3.63) is 63.1 Å². The Morgan fingerprint density at radius 3 is 2.78 bits per heavy atom. The number of ether oxygens (including phenoxy) is 2. The maximum Gasteiger partial charge on any atom is 0.198 e. The number of hydrogen-bond acceptors (Lipinski definition) is 4. The summed E-state index contributed by atoms with van der Waals surface area (Å²) in [4.78, 5) is 12.8. The fraction of sp³-hybridized carbons (Fsp3) is 0.176. The molecule has 2 aromatic rings. The van der Waals surface area contributed by atoms with Crippen LogP contribution in [0.4, 0.5) is 0 Å². The predicted octanol–water partition coefficient (Wildman–Crippen LogP) is 4.35. The minimum Gasteiger partial charge on any atom is -0.479 e. The Morgan fingerprint density at radius 2 is 2.04 bits per heavy atom. The van der Waals surface area contributed by atoms with Crippen molar-refractivity contribution in [2.45, 2.75) is 12.7 Å². The molecule has 6 heteroatoms. The van der Waals surface area contributed by atoms with Gasteiger partial charge < -0.3 is 9.47 Å². The molecule has 1 aliphatic heterocycles. The van der Waals surface area contributed by atoms with Gasteiger partial charge in [0.15, 0.2) is 12.4 Å². The van der Waals surface area contributed by atoms with E-state index in [2.05, 4.69) is 0 Å². The van der Waals surface area contributed by atoms with Gasteiger partial charge in [0, 0.05) is 16.1 Å². The number of ketones is 1. The van der Waals surface area contributed by atoms with Crippen LogP contribution in [0, 0.1) is 11.3 Å². The summed E-state index contributed by atoms with van der Waals surface area (Å²) in [6.45, 7) is 0.118. The van der Waals surface area contributed by atoms with Crippen molar-refractivity contribution < 1.29 is 14.3 Å². The lowest BCUT2D eigenvalue weighted by Crippen LogP contribution is -2.24. The van der Waals surface area contributed by atoms with Crippen molar-refractivity contribution in [3.63, 3.8) is 0 Å². The highest BCUT2D eigenvalue weighted by atomic mass is 35.5. The lowest BCUT2D eigenvalue weighted by Gasteiger charge is -2.26. The SMILES string of the molecule is N#CCOc1cc(Cl)c2c(c1)COC(c1ccccc1Cl)C2=O. The van der Waals surface area contributed by atoms with Crippen LogP contribution < -0.4 is 4.74 Å². The van der Waals surface area contributed by atoms with E-state index in [1.165, 1.54) is 6.07 Å². The normalized spacial score (nSPS) is 16.6. The summed E-state index contributed by atoms with van der Waals surface area (Å²) in [6, 6.07) is 12.1. The van der Waals surface area contributed by atoms with E-state index < -0.39 is 6.10 Å². The highest BCUT2D eigenvalue weighted by molar-refractivity contribution is 6.35. The smallest absolute Gasteiger partial charge is 0.198 e. The molecule has 0 saturated heterocycles. The third kappa shape index (κ3) is 3.04. The van der Waals surface area contributed by atoms with Crippen LogP contribution >= 0.6 is 23.2 Å². The third-order valence-electron chi connectivity index (χ3n) is 3.53. The second kappa shape index (κ2) is 6.59. The second-order valence-corrected chi connectivity index (χ2v) is 5.78. The fourth-order valence-corrected chi connectivity index (χ4v) is 3.08. The summed E-state index contributed by atoms with van der Waals surface area (Å²) < 4.78 is 10.9. The monoisotopic (exact) mass is 347 g/mol. The molecule has 2 aromatic carbocycles. The molecule has 0 amide bonds. The molecule has 23 heavy (non-hydrogen) atoms. The van der Waals surface area contributed by atoms with Crippen LogP contribution in [0.25, 0.3) is 0 Å². The quantitative estimate of drug-likeness (QED) is 0.827. The van der Waals surface area contributed by atoms with Crippen molar-refractivity contribution >= 4 is 29.0 Å².